The normalized spacial score (nSPS) is 18.2. The molecule has 6 heteroatoms. The topological polar surface area (TPSA) is 70.6 Å². The highest BCUT2D eigenvalue weighted by Crippen LogP contribution is 2.23. The highest BCUT2D eigenvalue weighted by atomic mass is 32.1. The molecular formula is C13H20N2O3S. The van der Waals surface area contributed by atoms with Crippen LogP contribution in [0.15, 0.2) is 11.4 Å². The van der Waals surface area contributed by atoms with Crippen LogP contribution >= 0.6 is 11.3 Å². The second-order valence-electron chi connectivity index (χ2n) is 4.88. The number of aliphatic hydroxyl groups is 1. The fourth-order valence-electron chi connectivity index (χ4n) is 2.12. The van der Waals surface area contributed by atoms with E-state index in [4.69, 9.17) is 4.74 Å². The Morgan fingerprint density at radius 2 is 2.26 bits per heavy atom. The predicted molar refractivity (Wildman–Crippen MR) is 75.3 cm³/mol. The predicted octanol–water partition coefficient (Wildman–Crippen LogP) is 1.34. The molecule has 0 radical (unpaired) electrons. The summed E-state index contributed by atoms with van der Waals surface area (Å²) in [6.07, 6.45) is 1.34. The van der Waals surface area contributed by atoms with E-state index in [9.17, 15) is 9.90 Å². The van der Waals surface area contributed by atoms with Crippen LogP contribution in [0.2, 0.25) is 0 Å². The van der Waals surface area contributed by atoms with Crippen LogP contribution in [0.5, 0.6) is 0 Å². The third-order valence-corrected chi connectivity index (χ3v) is 4.14. The van der Waals surface area contributed by atoms with E-state index < -0.39 is 5.60 Å². The van der Waals surface area contributed by atoms with E-state index in [-0.39, 0.29) is 5.91 Å². The number of rotatable bonds is 5. The first-order valence-electron chi connectivity index (χ1n) is 6.44. The van der Waals surface area contributed by atoms with Gasteiger partial charge in [-0.1, -0.05) is 0 Å². The van der Waals surface area contributed by atoms with Gasteiger partial charge in [-0.15, -0.1) is 11.3 Å². The Bertz CT molecular complexity index is 427. The van der Waals surface area contributed by atoms with Crippen molar-refractivity contribution in [3.05, 3.63) is 16.3 Å². The molecule has 0 spiro atoms. The maximum absolute atomic E-state index is 11.1. The molecule has 1 aromatic heterocycles. The lowest BCUT2D eigenvalue weighted by Gasteiger charge is -2.32. The summed E-state index contributed by atoms with van der Waals surface area (Å²) in [6, 6.07) is 1.90. The molecule has 1 amide bonds. The molecule has 5 nitrogen and oxygen atoms in total. The average Bonchev–Trinajstić information content (AvgIpc) is 2.76. The molecule has 106 valence electrons. The summed E-state index contributed by atoms with van der Waals surface area (Å²) in [5.41, 5.74) is 0.188. The monoisotopic (exact) mass is 284 g/mol. The Morgan fingerprint density at radius 1 is 1.53 bits per heavy atom. The first-order valence-corrected chi connectivity index (χ1v) is 7.32. The molecule has 1 aliphatic rings. The SMILES string of the molecule is CC(=O)Nc1ccsc1CNCC1(O)CCOCC1. The summed E-state index contributed by atoms with van der Waals surface area (Å²) in [6.45, 7) is 3.94. The van der Waals surface area contributed by atoms with Gasteiger partial charge in [-0.25, -0.2) is 0 Å². The van der Waals surface area contributed by atoms with E-state index in [1.165, 1.54) is 6.92 Å². The van der Waals surface area contributed by atoms with E-state index in [0.717, 1.165) is 10.6 Å². The molecule has 2 heterocycles. The number of thiophene rings is 1. The molecule has 0 aliphatic carbocycles. The Labute approximate surface area is 117 Å². The highest BCUT2D eigenvalue weighted by molar-refractivity contribution is 7.10. The van der Waals surface area contributed by atoms with Crippen LogP contribution in [0.4, 0.5) is 5.69 Å². The minimum atomic E-state index is -0.663. The van der Waals surface area contributed by atoms with E-state index in [0.29, 0.717) is 39.1 Å². The van der Waals surface area contributed by atoms with Crippen LogP contribution < -0.4 is 10.6 Å². The summed E-state index contributed by atoms with van der Waals surface area (Å²) in [4.78, 5) is 12.1. The molecular weight excluding hydrogens is 264 g/mol. The summed E-state index contributed by atoms with van der Waals surface area (Å²) >= 11 is 1.59. The number of hydrogen-bond donors (Lipinski definition) is 3. The van der Waals surface area contributed by atoms with Gasteiger partial charge in [0.25, 0.3) is 0 Å². The summed E-state index contributed by atoms with van der Waals surface area (Å²) in [5, 5.41) is 18.3. The van der Waals surface area contributed by atoms with Gasteiger partial charge >= 0.3 is 0 Å². The third-order valence-electron chi connectivity index (χ3n) is 3.22. The molecule has 2 rings (SSSR count). The Hall–Kier alpha value is -0.950. The number of ether oxygens (including phenoxy) is 1. The summed E-state index contributed by atoms with van der Waals surface area (Å²) in [5.74, 6) is -0.0669. The molecule has 0 atom stereocenters. The summed E-state index contributed by atoms with van der Waals surface area (Å²) < 4.78 is 5.25. The van der Waals surface area contributed by atoms with Crippen molar-refractivity contribution in [2.45, 2.75) is 31.9 Å². The molecule has 0 aromatic carbocycles. The lowest BCUT2D eigenvalue weighted by Crippen LogP contribution is -2.44. The minimum absolute atomic E-state index is 0.0669. The number of nitrogens with one attached hydrogen (secondary N) is 2. The molecule has 0 unspecified atom stereocenters. The van der Waals surface area contributed by atoms with E-state index >= 15 is 0 Å². The van der Waals surface area contributed by atoms with Crippen LogP contribution in [0, 0.1) is 0 Å². The Balaban J connectivity index is 1.82. The summed E-state index contributed by atoms with van der Waals surface area (Å²) in [7, 11) is 0. The van der Waals surface area contributed by atoms with Gasteiger partial charge in [0.05, 0.1) is 11.3 Å². The number of amides is 1. The molecule has 0 bridgehead atoms. The van der Waals surface area contributed by atoms with Gasteiger partial charge in [0.1, 0.15) is 0 Å². The van der Waals surface area contributed by atoms with Gasteiger partial charge in [-0.2, -0.15) is 0 Å². The largest absolute Gasteiger partial charge is 0.388 e. The quantitative estimate of drug-likeness (QED) is 0.763. The van der Waals surface area contributed by atoms with Crippen LogP contribution in [-0.2, 0) is 16.1 Å². The highest BCUT2D eigenvalue weighted by Gasteiger charge is 2.29. The lowest BCUT2D eigenvalue weighted by molar-refractivity contribution is -0.114. The van der Waals surface area contributed by atoms with Gasteiger partial charge in [0.2, 0.25) is 5.91 Å². The van der Waals surface area contributed by atoms with Crippen LogP contribution in [0.3, 0.4) is 0 Å². The van der Waals surface area contributed by atoms with Crippen LogP contribution in [0.25, 0.3) is 0 Å². The van der Waals surface area contributed by atoms with Gasteiger partial charge < -0.3 is 20.5 Å². The molecule has 1 aliphatic heterocycles. The van der Waals surface area contributed by atoms with Crippen molar-refractivity contribution in [3.63, 3.8) is 0 Å². The van der Waals surface area contributed by atoms with E-state index in [1.807, 2.05) is 11.4 Å². The number of carbonyl (C=O) groups excluding carboxylic acids is 1. The molecule has 1 fully saturated rings. The van der Waals surface area contributed by atoms with Crippen molar-refractivity contribution in [1.82, 2.24) is 5.32 Å². The maximum atomic E-state index is 11.1. The van der Waals surface area contributed by atoms with Crippen molar-refractivity contribution in [2.24, 2.45) is 0 Å². The second kappa shape index (κ2) is 6.47. The zero-order chi connectivity index (χ0) is 13.7. The molecule has 1 aromatic rings. The standard InChI is InChI=1S/C13H20N2O3S/c1-10(16)15-11-2-7-19-12(11)8-14-9-13(17)3-5-18-6-4-13/h2,7,14,17H,3-6,8-9H2,1H3,(H,15,16). The molecule has 1 saturated heterocycles. The fraction of sp³-hybridized carbons (Fsp3) is 0.615. The maximum Gasteiger partial charge on any atom is 0.221 e. The number of hydrogen-bond acceptors (Lipinski definition) is 5. The minimum Gasteiger partial charge on any atom is -0.388 e. The zero-order valence-corrected chi connectivity index (χ0v) is 11.9. The third kappa shape index (κ3) is 4.28. The molecule has 0 saturated carbocycles. The van der Waals surface area contributed by atoms with Gasteiger partial charge in [0.15, 0.2) is 0 Å². The van der Waals surface area contributed by atoms with E-state index in [1.54, 1.807) is 11.3 Å². The van der Waals surface area contributed by atoms with Gasteiger partial charge in [0, 0.05) is 50.9 Å². The van der Waals surface area contributed by atoms with Crippen molar-refractivity contribution < 1.29 is 14.6 Å². The average molecular weight is 284 g/mol. The van der Waals surface area contributed by atoms with Crippen molar-refractivity contribution >= 4 is 22.9 Å². The first kappa shape index (κ1) is 14.5. The Morgan fingerprint density at radius 3 is 2.95 bits per heavy atom. The first-order chi connectivity index (χ1) is 9.09. The Kier molecular flexibility index (Phi) is 4.93. The van der Waals surface area contributed by atoms with Gasteiger partial charge in [-0.05, 0) is 11.4 Å². The number of anilines is 1. The lowest BCUT2D eigenvalue weighted by atomic mass is 9.94. The smallest absolute Gasteiger partial charge is 0.221 e. The van der Waals surface area contributed by atoms with E-state index in [2.05, 4.69) is 10.6 Å². The second-order valence-corrected chi connectivity index (χ2v) is 5.88. The van der Waals surface area contributed by atoms with Crippen molar-refractivity contribution in [1.29, 1.82) is 0 Å². The van der Waals surface area contributed by atoms with Crippen molar-refractivity contribution in [2.75, 3.05) is 25.1 Å². The van der Waals surface area contributed by atoms with Crippen LogP contribution in [0.1, 0.15) is 24.6 Å². The van der Waals surface area contributed by atoms with Crippen LogP contribution in [-0.4, -0.2) is 36.4 Å². The van der Waals surface area contributed by atoms with Gasteiger partial charge in [-0.3, -0.25) is 4.79 Å². The molecule has 3 N–H and O–H groups in total. The van der Waals surface area contributed by atoms with Crippen molar-refractivity contribution in [3.8, 4) is 0 Å². The fourth-order valence-corrected chi connectivity index (χ4v) is 2.92. The molecule has 19 heavy (non-hydrogen) atoms. The number of carbonyl (C=O) groups is 1. The zero-order valence-electron chi connectivity index (χ0n) is 11.1.